The maximum Gasteiger partial charge on any atom is 0.254 e. The zero-order valence-electron chi connectivity index (χ0n) is 18.7. The van der Waals surface area contributed by atoms with E-state index in [0.717, 1.165) is 34.1 Å². The highest BCUT2D eigenvalue weighted by molar-refractivity contribution is 6.31. The van der Waals surface area contributed by atoms with Gasteiger partial charge in [-0.05, 0) is 42.5 Å². The first-order chi connectivity index (χ1) is 15.3. The molecule has 1 aromatic heterocycles. The van der Waals surface area contributed by atoms with Crippen LogP contribution in [0.5, 0.6) is 0 Å². The lowest BCUT2D eigenvalue weighted by Gasteiger charge is -2.51. The number of piperazine rings is 1. The molecule has 3 heterocycles. The Labute approximate surface area is 193 Å². The lowest BCUT2D eigenvalue weighted by Crippen LogP contribution is -2.67. The van der Waals surface area contributed by atoms with Gasteiger partial charge in [0, 0.05) is 34.9 Å². The molecule has 5 nitrogen and oxygen atoms in total. The van der Waals surface area contributed by atoms with Crippen molar-refractivity contribution in [3.8, 4) is 0 Å². The molecule has 2 amide bonds. The molecule has 5 rings (SSSR count). The molecule has 1 N–H and O–H groups in total. The highest BCUT2D eigenvalue weighted by Gasteiger charge is 2.56. The van der Waals surface area contributed by atoms with Crippen molar-refractivity contribution in [3.63, 3.8) is 0 Å². The molecule has 1 fully saturated rings. The van der Waals surface area contributed by atoms with Crippen LogP contribution in [0.2, 0.25) is 5.02 Å². The van der Waals surface area contributed by atoms with E-state index >= 15 is 0 Å². The average Bonchev–Trinajstić information content (AvgIpc) is 3.17. The van der Waals surface area contributed by atoms with Crippen molar-refractivity contribution >= 4 is 34.3 Å². The Bertz CT molecular complexity index is 1220. The minimum atomic E-state index is -1.06. The van der Waals surface area contributed by atoms with Gasteiger partial charge in [-0.2, -0.15) is 0 Å². The number of nitrogens with zero attached hydrogens (tertiary/aromatic N) is 2. The van der Waals surface area contributed by atoms with Crippen LogP contribution in [0.3, 0.4) is 0 Å². The third kappa shape index (κ3) is 3.06. The van der Waals surface area contributed by atoms with E-state index in [-0.39, 0.29) is 24.3 Å². The van der Waals surface area contributed by atoms with Crippen LogP contribution >= 0.6 is 11.6 Å². The molecule has 3 aromatic rings. The van der Waals surface area contributed by atoms with Gasteiger partial charge in [-0.1, -0.05) is 61.8 Å². The standard InChI is InChI=1S/C26H28ClN3O2/c1-16(2)12-13-29-15-22(31)30-14-19(17-8-4-6-10-20(17)27)23-18-9-5-7-11-21(18)28-24(23)26(30,3)25(29)32/h4-11,16,19,28H,12-15H2,1-3H3/t19?,26-/m0/s1. The van der Waals surface area contributed by atoms with Crippen molar-refractivity contribution in [1.82, 2.24) is 14.8 Å². The topological polar surface area (TPSA) is 56.4 Å². The van der Waals surface area contributed by atoms with Gasteiger partial charge in [0.1, 0.15) is 0 Å². The molecule has 0 bridgehead atoms. The summed E-state index contributed by atoms with van der Waals surface area (Å²) >= 11 is 6.62. The molecule has 2 aromatic carbocycles. The molecular weight excluding hydrogens is 422 g/mol. The maximum atomic E-state index is 13.9. The minimum Gasteiger partial charge on any atom is -0.356 e. The fourth-order valence-electron chi connectivity index (χ4n) is 5.31. The third-order valence-corrected chi connectivity index (χ3v) is 7.42. The Balaban J connectivity index is 1.71. The first kappa shape index (κ1) is 21.1. The minimum absolute atomic E-state index is 0.0110. The van der Waals surface area contributed by atoms with E-state index in [9.17, 15) is 9.59 Å². The number of halogens is 1. The maximum absolute atomic E-state index is 13.9. The summed E-state index contributed by atoms with van der Waals surface area (Å²) in [5.41, 5.74) is 2.77. The molecule has 6 heteroatoms. The predicted octanol–water partition coefficient (Wildman–Crippen LogP) is 4.90. The normalized spacial score (nSPS) is 23.1. The second-order valence-corrected chi connectivity index (χ2v) is 9.93. The summed E-state index contributed by atoms with van der Waals surface area (Å²) in [6, 6.07) is 15.9. The molecule has 0 radical (unpaired) electrons. The van der Waals surface area contributed by atoms with Gasteiger partial charge in [-0.15, -0.1) is 0 Å². The van der Waals surface area contributed by atoms with Gasteiger partial charge in [0.15, 0.2) is 5.54 Å². The number of rotatable bonds is 4. The van der Waals surface area contributed by atoms with Gasteiger partial charge >= 0.3 is 0 Å². The number of nitrogens with one attached hydrogen (secondary N) is 1. The number of hydrogen-bond acceptors (Lipinski definition) is 2. The molecule has 2 aliphatic rings. The molecule has 166 valence electrons. The van der Waals surface area contributed by atoms with Crippen LogP contribution in [-0.4, -0.2) is 46.2 Å². The number of carbonyl (C=O) groups is 2. The van der Waals surface area contributed by atoms with E-state index in [1.54, 1.807) is 9.80 Å². The number of para-hydroxylation sites is 1. The number of hydrogen-bond donors (Lipinski definition) is 1. The van der Waals surface area contributed by atoms with Crippen molar-refractivity contribution < 1.29 is 9.59 Å². The largest absolute Gasteiger partial charge is 0.356 e. The van der Waals surface area contributed by atoms with E-state index in [1.807, 2.05) is 49.4 Å². The SMILES string of the molecule is CC(C)CCN1CC(=O)N2CC(c3ccccc3Cl)c3c([nH]c4ccccc34)[C@@]2(C)C1=O. The van der Waals surface area contributed by atoms with Crippen LogP contribution in [0.25, 0.3) is 10.9 Å². The van der Waals surface area contributed by atoms with E-state index in [2.05, 4.69) is 24.9 Å². The third-order valence-electron chi connectivity index (χ3n) is 7.07. The van der Waals surface area contributed by atoms with Gasteiger partial charge in [-0.3, -0.25) is 9.59 Å². The Morgan fingerprint density at radius 1 is 1.12 bits per heavy atom. The first-order valence-corrected chi connectivity index (χ1v) is 11.7. The number of H-pyrrole nitrogens is 1. The summed E-state index contributed by atoms with van der Waals surface area (Å²) in [5, 5.41) is 1.75. The summed E-state index contributed by atoms with van der Waals surface area (Å²) in [6.07, 6.45) is 0.872. The van der Waals surface area contributed by atoms with Gasteiger partial charge in [0.2, 0.25) is 5.91 Å². The Kier molecular flexibility index (Phi) is 5.05. The van der Waals surface area contributed by atoms with Gasteiger partial charge in [0.05, 0.1) is 12.2 Å². The summed E-state index contributed by atoms with van der Waals surface area (Å²) in [7, 11) is 0. The highest BCUT2D eigenvalue weighted by atomic mass is 35.5. The summed E-state index contributed by atoms with van der Waals surface area (Å²) in [4.78, 5) is 34.3. The van der Waals surface area contributed by atoms with Crippen molar-refractivity contribution in [1.29, 1.82) is 0 Å². The lowest BCUT2D eigenvalue weighted by molar-refractivity contribution is -0.166. The molecule has 0 saturated carbocycles. The van der Waals surface area contributed by atoms with Crippen molar-refractivity contribution in [2.24, 2.45) is 5.92 Å². The van der Waals surface area contributed by atoms with Crippen LogP contribution in [0.4, 0.5) is 0 Å². The molecule has 0 spiro atoms. The van der Waals surface area contributed by atoms with E-state index < -0.39 is 5.54 Å². The second kappa shape index (κ2) is 7.66. The molecule has 0 aliphatic carbocycles. The van der Waals surface area contributed by atoms with Crippen LogP contribution in [0, 0.1) is 5.92 Å². The number of aromatic nitrogens is 1. The van der Waals surface area contributed by atoms with E-state index in [0.29, 0.717) is 24.0 Å². The van der Waals surface area contributed by atoms with Crippen LogP contribution in [0.1, 0.15) is 49.9 Å². The van der Waals surface area contributed by atoms with E-state index in [1.165, 1.54) is 0 Å². The van der Waals surface area contributed by atoms with Gasteiger partial charge < -0.3 is 14.8 Å². The lowest BCUT2D eigenvalue weighted by atomic mass is 9.76. The quantitative estimate of drug-likeness (QED) is 0.616. The number of amides is 2. The van der Waals surface area contributed by atoms with Crippen molar-refractivity contribution in [2.45, 2.75) is 38.6 Å². The van der Waals surface area contributed by atoms with Gasteiger partial charge in [0.25, 0.3) is 5.91 Å². The smallest absolute Gasteiger partial charge is 0.254 e. The predicted molar refractivity (Wildman–Crippen MR) is 127 cm³/mol. The zero-order chi connectivity index (χ0) is 22.6. The van der Waals surface area contributed by atoms with Crippen LogP contribution < -0.4 is 0 Å². The first-order valence-electron chi connectivity index (χ1n) is 11.3. The summed E-state index contributed by atoms with van der Waals surface area (Å²) < 4.78 is 0. The highest BCUT2D eigenvalue weighted by Crippen LogP contribution is 2.49. The van der Waals surface area contributed by atoms with Crippen molar-refractivity contribution in [2.75, 3.05) is 19.6 Å². The second-order valence-electron chi connectivity index (χ2n) is 9.52. The molecule has 1 saturated heterocycles. The molecular formula is C26H28ClN3O2. The van der Waals surface area contributed by atoms with E-state index in [4.69, 9.17) is 11.6 Å². The van der Waals surface area contributed by atoms with Gasteiger partial charge in [-0.25, -0.2) is 0 Å². The van der Waals surface area contributed by atoms with Crippen LogP contribution in [0.15, 0.2) is 48.5 Å². The summed E-state index contributed by atoms with van der Waals surface area (Å²) in [5.74, 6) is 0.325. The fourth-order valence-corrected chi connectivity index (χ4v) is 5.58. The van der Waals surface area contributed by atoms with Crippen LogP contribution in [-0.2, 0) is 15.1 Å². The number of carbonyl (C=O) groups excluding carboxylic acids is 2. The summed E-state index contributed by atoms with van der Waals surface area (Å²) in [6.45, 7) is 7.31. The fraction of sp³-hybridized carbons (Fsp3) is 0.385. The van der Waals surface area contributed by atoms with Crippen molar-refractivity contribution in [3.05, 3.63) is 70.4 Å². The Morgan fingerprint density at radius 3 is 2.59 bits per heavy atom. The number of fused-ring (bicyclic) bond motifs is 5. The molecule has 1 unspecified atom stereocenters. The zero-order valence-corrected chi connectivity index (χ0v) is 19.4. The molecule has 32 heavy (non-hydrogen) atoms. The number of aromatic amines is 1. The monoisotopic (exact) mass is 449 g/mol. The average molecular weight is 450 g/mol. The Hall–Kier alpha value is -2.79. The molecule has 2 atom stereocenters. The molecule has 2 aliphatic heterocycles. The number of benzene rings is 2. The Morgan fingerprint density at radius 2 is 1.84 bits per heavy atom.